The molecule has 1 heterocycles. The summed E-state index contributed by atoms with van der Waals surface area (Å²) in [5.41, 5.74) is 0.969. The Labute approximate surface area is 97.3 Å². The number of hydrogen-bond donors (Lipinski definition) is 3. The molecule has 0 radical (unpaired) electrons. The van der Waals surface area contributed by atoms with Crippen molar-refractivity contribution in [2.45, 2.75) is 12.0 Å². The fourth-order valence-corrected chi connectivity index (χ4v) is 1.85. The van der Waals surface area contributed by atoms with Crippen LogP contribution in [0.2, 0.25) is 0 Å². The fourth-order valence-electron chi connectivity index (χ4n) is 1.85. The first-order chi connectivity index (χ1) is 8.07. The van der Waals surface area contributed by atoms with Gasteiger partial charge < -0.3 is 9.84 Å². The third kappa shape index (κ3) is 2.14. The average Bonchev–Trinajstić information content (AvgIpc) is 2.77. The lowest BCUT2D eigenvalue weighted by atomic mass is 9.91. The second-order valence-electron chi connectivity index (χ2n) is 4.00. The molecule has 1 unspecified atom stereocenters. The van der Waals surface area contributed by atoms with Crippen molar-refractivity contribution in [2.75, 3.05) is 13.2 Å². The highest BCUT2D eigenvalue weighted by molar-refractivity contribution is 5.94. The normalized spacial score (nSPS) is 23.7. The summed E-state index contributed by atoms with van der Waals surface area (Å²) in [7, 11) is 0. The molecule has 0 aromatic heterocycles. The van der Waals surface area contributed by atoms with Crippen LogP contribution in [0.4, 0.5) is 4.39 Å². The Morgan fingerprint density at radius 1 is 1.59 bits per heavy atom. The van der Waals surface area contributed by atoms with Crippen LogP contribution in [0.3, 0.4) is 0 Å². The van der Waals surface area contributed by atoms with Gasteiger partial charge in [0.2, 0.25) is 0 Å². The molecule has 0 bridgehead atoms. The molecule has 1 aromatic rings. The second-order valence-corrected chi connectivity index (χ2v) is 4.00. The van der Waals surface area contributed by atoms with Gasteiger partial charge in [0.1, 0.15) is 11.4 Å². The van der Waals surface area contributed by atoms with Crippen molar-refractivity contribution in [3.63, 3.8) is 0 Å². The monoisotopic (exact) mass is 240 g/mol. The molecule has 1 aliphatic heterocycles. The van der Waals surface area contributed by atoms with Gasteiger partial charge in [-0.15, -0.1) is 0 Å². The summed E-state index contributed by atoms with van der Waals surface area (Å²) in [5.74, 6) is 3.54. The molecule has 1 saturated heterocycles. The zero-order valence-electron chi connectivity index (χ0n) is 9.07. The summed E-state index contributed by atoms with van der Waals surface area (Å²) in [4.78, 5) is 11.3. The van der Waals surface area contributed by atoms with Crippen molar-refractivity contribution in [1.29, 1.82) is 0 Å². The SMILES string of the molecule is NNC(=O)c1cc(C2(O)CCOC2)ccc1F. The number of hydrazine groups is 1. The molecule has 17 heavy (non-hydrogen) atoms. The predicted molar refractivity (Wildman–Crippen MR) is 57.4 cm³/mol. The highest BCUT2D eigenvalue weighted by Gasteiger charge is 2.34. The molecule has 1 atom stereocenters. The maximum absolute atomic E-state index is 13.4. The van der Waals surface area contributed by atoms with Crippen LogP contribution >= 0.6 is 0 Å². The lowest BCUT2D eigenvalue weighted by molar-refractivity contribution is 0.0231. The summed E-state index contributed by atoms with van der Waals surface area (Å²) in [6, 6.07) is 3.87. The number of carbonyl (C=O) groups is 1. The van der Waals surface area contributed by atoms with Crippen molar-refractivity contribution < 1.29 is 19.0 Å². The summed E-state index contributed by atoms with van der Waals surface area (Å²) in [6.07, 6.45) is 0.419. The van der Waals surface area contributed by atoms with Gasteiger partial charge >= 0.3 is 0 Å². The Hall–Kier alpha value is -1.50. The first-order valence-corrected chi connectivity index (χ1v) is 5.18. The van der Waals surface area contributed by atoms with Gasteiger partial charge in [0.15, 0.2) is 0 Å². The minimum atomic E-state index is -1.16. The van der Waals surface area contributed by atoms with Crippen molar-refractivity contribution in [1.82, 2.24) is 5.43 Å². The van der Waals surface area contributed by atoms with Crippen LogP contribution in [0.5, 0.6) is 0 Å². The number of aliphatic hydroxyl groups is 1. The van der Waals surface area contributed by atoms with E-state index in [0.29, 0.717) is 18.6 Å². The van der Waals surface area contributed by atoms with Gasteiger partial charge in [0, 0.05) is 13.0 Å². The molecule has 0 saturated carbocycles. The molecular weight excluding hydrogens is 227 g/mol. The standard InChI is InChI=1S/C11H13FN2O3/c12-9-2-1-7(5-8(9)10(15)14-13)11(16)3-4-17-6-11/h1-2,5,16H,3-4,6,13H2,(H,14,15). The third-order valence-corrected chi connectivity index (χ3v) is 2.88. The number of nitrogens with two attached hydrogens (primary N) is 1. The van der Waals surface area contributed by atoms with Crippen LogP contribution in [-0.2, 0) is 10.3 Å². The van der Waals surface area contributed by atoms with Gasteiger partial charge in [-0.3, -0.25) is 10.2 Å². The lowest BCUT2D eigenvalue weighted by Crippen LogP contribution is -2.32. The number of hydrogen-bond acceptors (Lipinski definition) is 4. The predicted octanol–water partition coefficient (Wildman–Crippen LogP) is 0.0371. The van der Waals surface area contributed by atoms with E-state index < -0.39 is 17.3 Å². The molecule has 0 spiro atoms. The molecule has 1 aromatic carbocycles. The number of rotatable bonds is 2. The molecule has 1 fully saturated rings. The second kappa shape index (κ2) is 4.40. The maximum Gasteiger partial charge on any atom is 0.268 e. The van der Waals surface area contributed by atoms with E-state index in [2.05, 4.69) is 0 Å². The summed E-state index contributed by atoms with van der Waals surface area (Å²) in [5, 5.41) is 10.2. The minimum Gasteiger partial charge on any atom is -0.383 e. The summed E-state index contributed by atoms with van der Waals surface area (Å²) >= 11 is 0. The van der Waals surface area contributed by atoms with Crippen LogP contribution in [0.25, 0.3) is 0 Å². The van der Waals surface area contributed by atoms with E-state index in [-0.39, 0.29) is 12.2 Å². The summed E-state index contributed by atoms with van der Waals surface area (Å²) < 4.78 is 18.5. The van der Waals surface area contributed by atoms with Crippen LogP contribution < -0.4 is 11.3 Å². The lowest BCUT2D eigenvalue weighted by Gasteiger charge is -2.21. The van der Waals surface area contributed by atoms with Gasteiger partial charge in [-0.2, -0.15) is 0 Å². The zero-order valence-corrected chi connectivity index (χ0v) is 9.07. The van der Waals surface area contributed by atoms with Gasteiger partial charge in [-0.25, -0.2) is 10.2 Å². The van der Waals surface area contributed by atoms with Crippen molar-refractivity contribution in [3.8, 4) is 0 Å². The minimum absolute atomic E-state index is 0.141. The van der Waals surface area contributed by atoms with Crippen LogP contribution in [0.15, 0.2) is 18.2 Å². The Morgan fingerprint density at radius 3 is 2.94 bits per heavy atom. The average molecular weight is 240 g/mol. The van der Waals surface area contributed by atoms with E-state index in [9.17, 15) is 14.3 Å². The Kier molecular flexibility index (Phi) is 3.10. The van der Waals surface area contributed by atoms with Gasteiger partial charge in [-0.05, 0) is 17.7 Å². The van der Waals surface area contributed by atoms with E-state index in [0.717, 1.165) is 6.07 Å². The van der Waals surface area contributed by atoms with Gasteiger partial charge in [-0.1, -0.05) is 6.07 Å². The number of halogens is 1. The number of nitrogens with one attached hydrogen (secondary N) is 1. The number of ether oxygens (including phenoxy) is 1. The van der Waals surface area contributed by atoms with Gasteiger partial charge in [0.25, 0.3) is 5.91 Å². The van der Waals surface area contributed by atoms with Crippen LogP contribution in [0, 0.1) is 5.82 Å². The Balaban J connectivity index is 2.40. The first-order valence-electron chi connectivity index (χ1n) is 5.18. The number of benzene rings is 1. The van der Waals surface area contributed by atoms with Crippen molar-refractivity contribution >= 4 is 5.91 Å². The molecular formula is C11H13FN2O3. The first kappa shape index (κ1) is 12.0. The van der Waals surface area contributed by atoms with Crippen LogP contribution in [-0.4, -0.2) is 24.2 Å². The van der Waals surface area contributed by atoms with E-state index in [4.69, 9.17) is 10.6 Å². The van der Waals surface area contributed by atoms with Crippen molar-refractivity contribution in [3.05, 3.63) is 35.1 Å². The maximum atomic E-state index is 13.4. The number of carbonyl (C=O) groups excluding carboxylic acids is 1. The molecule has 1 amide bonds. The topological polar surface area (TPSA) is 84.6 Å². The third-order valence-electron chi connectivity index (χ3n) is 2.88. The van der Waals surface area contributed by atoms with Crippen LogP contribution in [0.1, 0.15) is 22.3 Å². The molecule has 6 heteroatoms. The summed E-state index contributed by atoms with van der Waals surface area (Å²) in [6.45, 7) is 0.578. The van der Waals surface area contributed by atoms with E-state index in [1.165, 1.54) is 12.1 Å². The number of amides is 1. The zero-order chi connectivity index (χ0) is 12.5. The molecule has 2 rings (SSSR count). The largest absolute Gasteiger partial charge is 0.383 e. The van der Waals surface area contributed by atoms with E-state index in [1.807, 2.05) is 5.43 Å². The molecule has 92 valence electrons. The van der Waals surface area contributed by atoms with E-state index >= 15 is 0 Å². The quantitative estimate of drug-likeness (QED) is 0.387. The smallest absolute Gasteiger partial charge is 0.268 e. The molecule has 4 N–H and O–H groups in total. The van der Waals surface area contributed by atoms with Gasteiger partial charge in [0.05, 0.1) is 12.2 Å². The van der Waals surface area contributed by atoms with Crippen molar-refractivity contribution in [2.24, 2.45) is 5.84 Å². The Bertz CT molecular complexity index is 444. The number of nitrogen functional groups attached to an aromatic ring is 1. The molecule has 5 nitrogen and oxygen atoms in total. The fraction of sp³-hybridized carbons (Fsp3) is 0.364. The highest BCUT2D eigenvalue weighted by atomic mass is 19.1. The van der Waals surface area contributed by atoms with E-state index in [1.54, 1.807) is 0 Å². The molecule has 1 aliphatic rings. The highest BCUT2D eigenvalue weighted by Crippen LogP contribution is 2.31. The molecule has 0 aliphatic carbocycles. The Morgan fingerprint density at radius 2 is 2.35 bits per heavy atom.